The second-order valence-electron chi connectivity index (χ2n) is 4.63. The highest BCUT2D eigenvalue weighted by Gasteiger charge is 2.00. The summed E-state index contributed by atoms with van der Waals surface area (Å²) >= 11 is 0. The van der Waals surface area contributed by atoms with E-state index in [-0.39, 0.29) is 0 Å². The fourth-order valence-corrected chi connectivity index (χ4v) is 1.90. The average Bonchev–Trinajstić information content (AvgIpc) is 2.59. The maximum Gasteiger partial charge on any atom is 0.212 e. The van der Waals surface area contributed by atoms with Gasteiger partial charge in [-0.25, -0.2) is 4.98 Å². The first-order valence-electron chi connectivity index (χ1n) is 7.15. The predicted octanol–water partition coefficient (Wildman–Crippen LogP) is 1.39. The molecule has 0 amide bonds. The van der Waals surface area contributed by atoms with Gasteiger partial charge < -0.3 is 15.4 Å². The molecule has 2 aromatic heterocycles. The van der Waals surface area contributed by atoms with Crippen molar-refractivity contribution in [2.75, 3.05) is 20.7 Å². The number of aliphatic imine (C=N–C) groups is 1. The largest absolute Gasteiger partial charge is 0.481 e. The molecule has 0 aromatic carbocycles. The maximum absolute atomic E-state index is 5.04. The average molecular weight is 299 g/mol. The Morgan fingerprint density at radius 1 is 1.18 bits per heavy atom. The van der Waals surface area contributed by atoms with Crippen LogP contribution in [0.5, 0.6) is 5.88 Å². The number of rotatable bonds is 6. The second-order valence-corrected chi connectivity index (χ2v) is 4.63. The van der Waals surface area contributed by atoms with Gasteiger partial charge in [-0.05, 0) is 17.7 Å². The highest BCUT2D eigenvalue weighted by atomic mass is 16.5. The minimum Gasteiger partial charge on any atom is -0.481 e. The van der Waals surface area contributed by atoms with E-state index in [2.05, 4.69) is 25.6 Å². The number of nitrogens with zero attached hydrogens (tertiary/aromatic N) is 3. The molecule has 2 heterocycles. The van der Waals surface area contributed by atoms with Crippen molar-refractivity contribution in [2.45, 2.75) is 13.0 Å². The summed E-state index contributed by atoms with van der Waals surface area (Å²) in [6.45, 7) is 1.43. The zero-order chi connectivity index (χ0) is 15.6. The van der Waals surface area contributed by atoms with Crippen molar-refractivity contribution in [3.8, 4) is 5.88 Å². The Bertz CT molecular complexity index is 583. The van der Waals surface area contributed by atoms with Gasteiger partial charge in [0.15, 0.2) is 5.96 Å². The molecule has 2 N–H and O–H groups in total. The predicted molar refractivity (Wildman–Crippen MR) is 86.9 cm³/mol. The summed E-state index contributed by atoms with van der Waals surface area (Å²) in [5.74, 6) is 1.37. The van der Waals surface area contributed by atoms with Crippen LogP contribution in [0.1, 0.15) is 11.3 Å². The fraction of sp³-hybridized carbons (Fsp3) is 0.312. The van der Waals surface area contributed by atoms with Gasteiger partial charge in [0.25, 0.3) is 0 Å². The van der Waals surface area contributed by atoms with Gasteiger partial charge in [0.1, 0.15) is 0 Å². The van der Waals surface area contributed by atoms with Crippen LogP contribution in [0.15, 0.2) is 47.7 Å². The Kier molecular flexibility index (Phi) is 6.17. The van der Waals surface area contributed by atoms with Crippen LogP contribution in [0.25, 0.3) is 0 Å². The van der Waals surface area contributed by atoms with E-state index in [1.165, 1.54) is 0 Å². The molecule has 6 heteroatoms. The zero-order valence-corrected chi connectivity index (χ0v) is 12.9. The van der Waals surface area contributed by atoms with Crippen molar-refractivity contribution in [3.63, 3.8) is 0 Å². The first-order chi connectivity index (χ1) is 10.8. The topological polar surface area (TPSA) is 71.4 Å². The smallest absolute Gasteiger partial charge is 0.212 e. The summed E-state index contributed by atoms with van der Waals surface area (Å²) in [5, 5.41) is 6.51. The number of hydrogen-bond acceptors (Lipinski definition) is 4. The molecule has 116 valence electrons. The fourth-order valence-electron chi connectivity index (χ4n) is 1.90. The Morgan fingerprint density at radius 3 is 2.73 bits per heavy atom. The molecular weight excluding hydrogens is 278 g/mol. The van der Waals surface area contributed by atoms with Gasteiger partial charge in [0.2, 0.25) is 5.88 Å². The molecule has 0 unspecified atom stereocenters. The SMILES string of the molecule is CN=C(NCCc1ccccn1)NCc1ccc(OC)nc1. The van der Waals surface area contributed by atoms with Crippen molar-refractivity contribution in [2.24, 2.45) is 4.99 Å². The molecule has 0 radical (unpaired) electrons. The molecular formula is C16H21N5O. The highest BCUT2D eigenvalue weighted by molar-refractivity contribution is 5.79. The van der Waals surface area contributed by atoms with Crippen LogP contribution in [-0.4, -0.2) is 36.6 Å². The molecule has 0 spiro atoms. The summed E-state index contributed by atoms with van der Waals surface area (Å²) < 4.78 is 5.04. The lowest BCUT2D eigenvalue weighted by Gasteiger charge is -2.11. The molecule has 0 aliphatic heterocycles. The third-order valence-electron chi connectivity index (χ3n) is 3.09. The van der Waals surface area contributed by atoms with Gasteiger partial charge in [-0.3, -0.25) is 9.98 Å². The number of hydrogen-bond donors (Lipinski definition) is 2. The van der Waals surface area contributed by atoms with Crippen LogP contribution in [-0.2, 0) is 13.0 Å². The first kappa shape index (κ1) is 15.8. The van der Waals surface area contributed by atoms with E-state index in [4.69, 9.17) is 4.74 Å². The Labute approximate surface area is 130 Å². The molecule has 0 atom stereocenters. The quantitative estimate of drug-likeness (QED) is 0.623. The van der Waals surface area contributed by atoms with Gasteiger partial charge in [0, 0.05) is 50.7 Å². The summed E-state index contributed by atoms with van der Waals surface area (Å²) in [7, 11) is 3.36. The number of guanidine groups is 1. The number of nitrogens with one attached hydrogen (secondary N) is 2. The van der Waals surface area contributed by atoms with E-state index >= 15 is 0 Å². The minimum absolute atomic E-state index is 0.613. The van der Waals surface area contributed by atoms with E-state index in [1.54, 1.807) is 26.6 Å². The molecule has 0 saturated heterocycles. The molecule has 0 fully saturated rings. The molecule has 0 saturated carbocycles. The molecule has 2 aromatic rings. The van der Waals surface area contributed by atoms with Crippen LogP contribution >= 0.6 is 0 Å². The van der Waals surface area contributed by atoms with E-state index < -0.39 is 0 Å². The Morgan fingerprint density at radius 2 is 2.09 bits per heavy atom. The lowest BCUT2D eigenvalue weighted by Crippen LogP contribution is -2.37. The molecule has 0 aliphatic rings. The Hall–Kier alpha value is -2.63. The number of ether oxygens (including phenoxy) is 1. The molecule has 22 heavy (non-hydrogen) atoms. The van der Waals surface area contributed by atoms with Crippen LogP contribution in [0.4, 0.5) is 0 Å². The minimum atomic E-state index is 0.613. The highest BCUT2D eigenvalue weighted by Crippen LogP contribution is 2.06. The van der Waals surface area contributed by atoms with Crippen LogP contribution < -0.4 is 15.4 Å². The molecule has 0 bridgehead atoms. The van der Waals surface area contributed by atoms with E-state index in [9.17, 15) is 0 Å². The van der Waals surface area contributed by atoms with E-state index in [1.807, 2.05) is 30.3 Å². The summed E-state index contributed by atoms with van der Waals surface area (Å²) in [5.41, 5.74) is 2.12. The normalized spacial score (nSPS) is 11.1. The maximum atomic E-state index is 5.04. The summed E-state index contributed by atoms with van der Waals surface area (Å²) in [4.78, 5) is 12.7. The van der Waals surface area contributed by atoms with Gasteiger partial charge in [-0.1, -0.05) is 12.1 Å². The first-order valence-corrected chi connectivity index (χ1v) is 7.15. The van der Waals surface area contributed by atoms with Crippen LogP contribution in [0, 0.1) is 0 Å². The van der Waals surface area contributed by atoms with Gasteiger partial charge in [-0.15, -0.1) is 0 Å². The third-order valence-corrected chi connectivity index (χ3v) is 3.09. The van der Waals surface area contributed by atoms with Crippen molar-refractivity contribution in [1.82, 2.24) is 20.6 Å². The molecule has 2 rings (SSSR count). The van der Waals surface area contributed by atoms with E-state index in [0.29, 0.717) is 12.4 Å². The lowest BCUT2D eigenvalue weighted by atomic mass is 10.3. The third kappa shape index (κ3) is 5.05. The summed E-state index contributed by atoms with van der Waals surface area (Å²) in [6.07, 6.45) is 4.44. The number of aromatic nitrogens is 2. The molecule has 0 aliphatic carbocycles. The standard InChI is InChI=1S/C16H21N5O/c1-17-16(19-10-8-14-5-3-4-9-18-14)21-12-13-6-7-15(22-2)20-11-13/h3-7,9,11H,8,10,12H2,1-2H3,(H2,17,19,21). The Balaban J connectivity index is 1.75. The monoisotopic (exact) mass is 299 g/mol. The second kappa shape index (κ2) is 8.61. The lowest BCUT2D eigenvalue weighted by molar-refractivity contribution is 0.397. The van der Waals surface area contributed by atoms with Crippen molar-refractivity contribution in [1.29, 1.82) is 0 Å². The van der Waals surface area contributed by atoms with Gasteiger partial charge in [0.05, 0.1) is 7.11 Å². The number of pyridine rings is 2. The summed E-state index contributed by atoms with van der Waals surface area (Å²) in [6, 6.07) is 9.74. The molecule has 6 nitrogen and oxygen atoms in total. The number of methoxy groups -OCH3 is 1. The van der Waals surface area contributed by atoms with Crippen molar-refractivity contribution in [3.05, 3.63) is 54.0 Å². The van der Waals surface area contributed by atoms with Crippen molar-refractivity contribution >= 4 is 5.96 Å². The van der Waals surface area contributed by atoms with Crippen LogP contribution in [0.3, 0.4) is 0 Å². The van der Waals surface area contributed by atoms with Gasteiger partial charge in [-0.2, -0.15) is 0 Å². The van der Waals surface area contributed by atoms with Crippen LogP contribution in [0.2, 0.25) is 0 Å². The zero-order valence-electron chi connectivity index (χ0n) is 12.9. The van der Waals surface area contributed by atoms with Gasteiger partial charge >= 0.3 is 0 Å². The van der Waals surface area contributed by atoms with Crippen molar-refractivity contribution < 1.29 is 4.74 Å². The van der Waals surface area contributed by atoms with E-state index in [0.717, 1.165) is 30.2 Å².